The van der Waals surface area contributed by atoms with Crippen molar-refractivity contribution < 1.29 is 5.11 Å². The standard InChI is InChI=1S/C12H20N2O/c1-8-3-4-9(2)10(7-8)12(15)11(14)5-6-13/h3-4,7,11-12,15H,5-6,13-14H2,1-2H3. The van der Waals surface area contributed by atoms with Gasteiger partial charge in [0.1, 0.15) is 0 Å². The molecule has 0 heterocycles. The van der Waals surface area contributed by atoms with E-state index in [0.29, 0.717) is 13.0 Å². The van der Waals surface area contributed by atoms with Gasteiger partial charge >= 0.3 is 0 Å². The summed E-state index contributed by atoms with van der Waals surface area (Å²) in [6.07, 6.45) is 0.0163. The molecule has 3 heteroatoms. The fourth-order valence-corrected chi connectivity index (χ4v) is 1.66. The predicted octanol–water partition coefficient (Wildman–Crippen LogP) is 1.01. The molecule has 0 spiro atoms. The minimum absolute atomic E-state index is 0.282. The summed E-state index contributed by atoms with van der Waals surface area (Å²) in [4.78, 5) is 0. The van der Waals surface area contributed by atoms with Crippen LogP contribution in [0.5, 0.6) is 0 Å². The van der Waals surface area contributed by atoms with E-state index in [2.05, 4.69) is 0 Å². The van der Waals surface area contributed by atoms with Crippen molar-refractivity contribution in [3.05, 3.63) is 34.9 Å². The quantitative estimate of drug-likeness (QED) is 0.691. The topological polar surface area (TPSA) is 72.3 Å². The van der Waals surface area contributed by atoms with Crippen LogP contribution in [-0.4, -0.2) is 17.7 Å². The second kappa shape index (κ2) is 5.26. The zero-order chi connectivity index (χ0) is 11.4. The van der Waals surface area contributed by atoms with Crippen LogP contribution >= 0.6 is 0 Å². The highest BCUT2D eigenvalue weighted by molar-refractivity contribution is 5.32. The van der Waals surface area contributed by atoms with Gasteiger partial charge in [-0.25, -0.2) is 0 Å². The lowest BCUT2D eigenvalue weighted by Crippen LogP contribution is -2.31. The smallest absolute Gasteiger partial charge is 0.0943 e. The van der Waals surface area contributed by atoms with Crippen molar-refractivity contribution in [2.75, 3.05) is 6.54 Å². The molecule has 0 aliphatic heterocycles. The molecule has 1 rings (SSSR count). The van der Waals surface area contributed by atoms with E-state index in [1.165, 1.54) is 0 Å². The van der Waals surface area contributed by atoms with E-state index in [1.54, 1.807) is 0 Å². The van der Waals surface area contributed by atoms with Crippen LogP contribution in [0.25, 0.3) is 0 Å². The van der Waals surface area contributed by atoms with Gasteiger partial charge in [-0.3, -0.25) is 0 Å². The van der Waals surface area contributed by atoms with Gasteiger partial charge in [-0.15, -0.1) is 0 Å². The molecule has 2 atom stereocenters. The van der Waals surface area contributed by atoms with Crippen molar-refractivity contribution in [2.45, 2.75) is 32.4 Å². The number of aryl methyl sites for hydroxylation is 2. The van der Waals surface area contributed by atoms with Crippen molar-refractivity contribution >= 4 is 0 Å². The highest BCUT2D eigenvalue weighted by Crippen LogP contribution is 2.22. The molecule has 0 aliphatic carbocycles. The maximum Gasteiger partial charge on any atom is 0.0943 e. The zero-order valence-corrected chi connectivity index (χ0v) is 9.40. The minimum atomic E-state index is -0.617. The molecule has 0 aliphatic rings. The minimum Gasteiger partial charge on any atom is -0.387 e. The summed E-state index contributed by atoms with van der Waals surface area (Å²) in [6.45, 7) is 4.49. The number of rotatable bonds is 4. The second-order valence-electron chi connectivity index (χ2n) is 4.05. The summed E-state index contributed by atoms with van der Waals surface area (Å²) in [5.41, 5.74) is 14.4. The average molecular weight is 208 g/mol. The molecule has 0 saturated heterocycles. The molecule has 0 amide bonds. The van der Waals surface area contributed by atoms with E-state index in [9.17, 15) is 5.11 Å². The van der Waals surface area contributed by atoms with Crippen molar-refractivity contribution in [3.63, 3.8) is 0 Å². The highest BCUT2D eigenvalue weighted by atomic mass is 16.3. The average Bonchev–Trinajstić information content (AvgIpc) is 2.21. The first-order chi connectivity index (χ1) is 7.06. The van der Waals surface area contributed by atoms with Gasteiger partial charge in [-0.05, 0) is 37.9 Å². The Kier molecular flexibility index (Phi) is 4.27. The number of nitrogens with two attached hydrogens (primary N) is 2. The van der Waals surface area contributed by atoms with E-state index in [-0.39, 0.29) is 6.04 Å². The summed E-state index contributed by atoms with van der Waals surface area (Å²) in [5, 5.41) is 10.0. The number of benzene rings is 1. The van der Waals surface area contributed by atoms with Crippen LogP contribution in [0.15, 0.2) is 18.2 Å². The third-order valence-corrected chi connectivity index (χ3v) is 2.66. The van der Waals surface area contributed by atoms with E-state index >= 15 is 0 Å². The first kappa shape index (κ1) is 12.2. The molecule has 2 unspecified atom stereocenters. The third kappa shape index (κ3) is 3.02. The number of aliphatic hydroxyl groups is 1. The van der Waals surface area contributed by atoms with E-state index in [0.717, 1.165) is 16.7 Å². The Hall–Kier alpha value is -0.900. The summed E-state index contributed by atoms with van der Waals surface area (Å²) >= 11 is 0. The zero-order valence-electron chi connectivity index (χ0n) is 9.40. The van der Waals surface area contributed by atoms with Crippen molar-refractivity contribution in [1.82, 2.24) is 0 Å². The van der Waals surface area contributed by atoms with Crippen molar-refractivity contribution in [2.24, 2.45) is 11.5 Å². The lowest BCUT2D eigenvalue weighted by molar-refractivity contribution is 0.142. The Balaban J connectivity index is 2.89. The molecule has 0 radical (unpaired) electrons. The third-order valence-electron chi connectivity index (χ3n) is 2.66. The normalized spacial score (nSPS) is 15.0. The lowest BCUT2D eigenvalue weighted by atomic mass is 9.95. The second-order valence-corrected chi connectivity index (χ2v) is 4.05. The molecule has 5 N–H and O–H groups in total. The largest absolute Gasteiger partial charge is 0.387 e. The van der Waals surface area contributed by atoms with Crippen LogP contribution in [0, 0.1) is 13.8 Å². The Bertz CT molecular complexity index is 325. The molecule has 1 aromatic rings. The fourth-order valence-electron chi connectivity index (χ4n) is 1.66. The number of aliphatic hydroxyl groups excluding tert-OH is 1. The summed E-state index contributed by atoms with van der Waals surface area (Å²) in [6, 6.07) is 5.73. The van der Waals surface area contributed by atoms with E-state index < -0.39 is 6.10 Å². The van der Waals surface area contributed by atoms with Crippen LogP contribution in [0.4, 0.5) is 0 Å². The Morgan fingerprint density at radius 3 is 2.60 bits per heavy atom. The van der Waals surface area contributed by atoms with Crippen LogP contribution in [-0.2, 0) is 0 Å². The van der Waals surface area contributed by atoms with Crippen LogP contribution in [0.1, 0.15) is 29.2 Å². The van der Waals surface area contributed by atoms with Gasteiger partial charge in [0.25, 0.3) is 0 Å². The molecule has 0 saturated carbocycles. The molecule has 84 valence electrons. The van der Waals surface area contributed by atoms with Gasteiger partial charge in [-0.1, -0.05) is 23.8 Å². The van der Waals surface area contributed by atoms with Crippen LogP contribution < -0.4 is 11.5 Å². The summed E-state index contributed by atoms with van der Waals surface area (Å²) < 4.78 is 0. The van der Waals surface area contributed by atoms with Gasteiger partial charge in [0.15, 0.2) is 0 Å². The van der Waals surface area contributed by atoms with Gasteiger partial charge in [-0.2, -0.15) is 0 Å². The molecule has 0 aromatic heterocycles. The summed E-state index contributed by atoms with van der Waals surface area (Å²) in [5.74, 6) is 0. The summed E-state index contributed by atoms with van der Waals surface area (Å²) in [7, 11) is 0. The molecule has 0 fully saturated rings. The number of hydrogen-bond donors (Lipinski definition) is 3. The first-order valence-corrected chi connectivity index (χ1v) is 5.27. The lowest BCUT2D eigenvalue weighted by Gasteiger charge is -2.20. The molecule has 3 nitrogen and oxygen atoms in total. The van der Waals surface area contributed by atoms with Gasteiger partial charge in [0, 0.05) is 6.04 Å². The Morgan fingerprint density at radius 2 is 2.00 bits per heavy atom. The predicted molar refractivity (Wildman–Crippen MR) is 62.5 cm³/mol. The maximum absolute atomic E-state index is 10.0. The molecular formula is C12H20N2O. The SMILES string of the molecule is Cc1ccc(C)c(C(O)C(N)CCN)c1. The van der Waals surface area contributed by atoms with E-state index in [1.807, 2.05) is 32.0 Å². The molecule has 0 bridgehead atoms. The molecular weight excluding hydrogens is 188 g/mol. The fraction of sp³-hybridized carbons (Fsp3) is 0.500. The Morgan fingerprint density at radius 1 is 1.33 bits per heavy atom. The molecule has 1 aromatic carbocycles. The monoisotopic (exact) mass is 208 g/mol. The van der Waals surface area contributed by atoms with Crippen LogP contribution in [0.2, 0.25) is 0 Å². The van der Waals surface area contributed by atoms with Crippen LogP contribution in [0.3, 0.4) is 0 Å². The van der Waals surface area contributed by atoms with Gasteiger partial charge in [0.05, 0.1) is 6.10 Å². The number of hydrogen-bond acceptors (Lipinski definition) is 3. The molecule has 15 heavy (non-hydrogen) atoms. The maximum atomic E-state index is 10.0. The Labute approximate surface area is 91.1 Å². The van der Waals surface area contributed by atoms with Crippen molar-refractivity contribution in [1.29, 1.82) is 0 Å². The first-order valence-electron chi connectivity index (χ1n) is 5.27. The highest BCUT2D eigenvalue weighted by Gasteiger charge is 2.17. The van der Waals surface area contributed by atoms with Gasteiger partial charge in [0.2, 0.25) is 0 Å². The van der Waals surface area contributed by atoms with Crippen molar-refractivity contribution in [3.8, 4) is 0 Å². The van der Waals surface area contributed by atoms with E-state index in [4.69, 9.17) is 11.5 Å². The van der Waals surface area contributed by atoms with Gasteiger partial charge < -0.3 is 16.6 Å².